The molecule has 11 nitrogen and oxygen atoms in total. The highest BCUT2D eigenvalue weighted by Crippen LogP contribution is 2.31. The number of nitrogens with zero attached hydrogens (tertiary/aromatic N) is 6. The number of likely N-dealkylation sites (tertiary alicyclic amines) is 1. The molecule has 1 fully saturated rings. The Morgan fingerprint density at radius 3 is 2.62 bits per heavy atom. The van der Waals surface area contributed by atoms with Gasteiger partial charge in [0.05, 0.1) is 13.1 Å². The van der Waals surface area contributed by atoms with Gasteiger partial charge >= 0.3 is 6.09 Å². The number of rotatable bonds is 7. The molecule has 212 valence electrons. The number of aromatic amines is 1. The van der Waals surface area contributed by atoms with Gasteiger partial charge in [-0.05, 0) is 77.1 Å². The Kier molecular flexibility index (Phi) is 7.39. The van der Waals surface area contributed by atoms with Crippen molar-refractivity contribution < 1.29 is 18.9 Å². The van der Waals surface area contributed by atoms with Gasteiger partial charge < -0.3 is 20.4 Å². The van der Waals surface area contributed by atoms with E-state index in [-0.39, 0.29) is 11.9 Å². The van der Waals surface area contributed by atoms with Crippen LogP contribution >= 0.6 is 0 Å². The fourth-order valence-corrected chi connectivity index (χ4v) is 5.66. The molecule has 0 spiro atoms. The van der Waals surface area contributed by atoms with E-state index in [9.17, 15) is 9.59 Å². The molecule has 1 aliphatic rings. The molecular formula is C29H39N8O3+. The summed E-state index contributed by atoms with van der Waals surface area (Å²) in [5.41, 5.74) is 10.4. The number of piperidine rings is 1. The summed E-state index contributed by atoms with van der Waals surface area (Å²) in [4.78, 5) is 40.2. The predicted molar refractivity (Wildman–Crippen MR) is 154 cm³/mol. The van der Waals surface area contributed by atoms with Gasteiger partial charge in [-0.1, -0.05) is 6.07 Å². The third-order valence-electron chi connectivity index (χ3n) is 7.56. The van der Waals surface area contributed by atoms with Gasteiger partial charge in [-0.3, -0.25) is 9.69 Å². The number of anilines is 2. The number of hydrogen-bond donors (Lipinski definition) is 2. The quantitative estimate of drug-likeness (QED) is 0.265. The summed E-state index contributed by atoms with van der Waals surface area (Å²) >= 11 is 0. The van der Waals surface area contributed by atoms with Crippen LogP contribution in [-0.2, 0) is 29.2 Å². The number of carbonyl (C=O) groups is 2. The Balaban J connectivity index is 1.43. The predicted octanol–water partition coefficient (Wildman–Crippen LogP) is 4.10. The molecule has 2 amide bonds. The van der Waals surface area contributed by atoms with Crippen LogP contribution in [0.4, 0.5) is 16.4 Å². The maximum Gasteiger partial charge on any atom is 0.410 e. The van der Waals surface area contributed by atoms with Gasteiger partial charge in [0.1, 0.15) is 17.7 Å². The molecule has 4 aromatic rings. The molecule has 11 heteroatoms. The minimum atomic E-state index is -0.497. The normalized spacial score (nSPS) is 14.7. The first-order valence-electron chi connectivity index (χ1n) is 14.0. The van der Waals surface area contributed by atoms with Crippen LogP contribution in [-0.4, -0.2) is 55.6 Å². The number of carbonyl (C=O) groups excluding carboxylic acids is 2. The highest BCUT2D eigenvalue weighted by atomic mass is 16.6. The average molecular weight is 548 g/mol. The Labute approximate surface area is 233 Å². The van der Waals surface area contributed by atoms with E-state index in [2.05, 4.69) is 56.1 Å². The van der Waals surface area contributed by atoms with Crippen LogP contribution in [0.25, 0.3) is 22.2 Å². The van der Waals surface area contributed by atoms with Crippen molar-refractivity contribution in [3.63, 3.8) is 0 Å². The SMILES string of the molecule is CCn1c(CN(C=O)c2nc3cc[nH]c3nc2N)[n+](CC)c2ccc(C3CCN(C(=O)OC(C)(C)C)CC3)cc21. The lowest BCUT2D eigenvalue weighted by molar-refractivity contribution is -0.676. The average Bonchev–Trinajstić information content (AvgIpc) is 3.50. The molecule has 40 heavy (non-hydrogen) atoms. The molecule has 0 radical (unpaired) electrons. The largest absolute Gasteiger partial charge is 0.444 e. The van der Waals surface area contributed by atoms with Crippen molar-refractivity contribution in [2.24, 2.45) is 0 Å². The van der Waals surface area contributed by atoms with E-state index < -0.39 is 5.60 Å². The minimum Gasteiger partial charge on any atom is -0.444 e. The van der Waals surface area contributed by atoms with Crippen molar-refractivity contribution in [1.82, 2.24) is 24.4 Å². The summed E-state index contributed by atoms with van der Waals surface area (Å²) in [6.07, 6.45) is 4.04. The first kappa shape index (κ1) is 27.4. The molecule has 0 atom stereocenters. The standard InChI is InChI=1S/C29H39N8O3/c1-6-36-22-9-8-20(19-11-14-34(15-12-19)28(39)40-29(3,4)5)16-23(22)37(7-2)24(36)17-35(18-38)27-25(30)33-26-21(32-27)10-13-31-26/h8-10,13,16,18-19H,6-7,11-12,14-15,17H2,1-5H3,(H3,30,31,33)/q+1. The van der Waals surface area contributed by atoms with Crippen LogP contribution in [0, 0.1) is 0 Å². The highest BCUT2D eigenvalue weighted by molar-refractivity contribution is 5.84. The summed E-state index contributed by atoms with van der Waals surface area (Å²) in [7, 11) is 0. The van der Waals surface area contributed by atoms with Crippen molar-refractivity contribution in [2.45, 2.75) is 78.6 Å². The van der Waals surface area contributed by atoms with Crippen LogP contribution in [0.2, 0.25) is 0 Å². The summed E-state index contributed by atoms with van der Waals surface area (Å²) in [5.74, 6) is 1.88. The van der Waals surface area contributed by atoms with Crippen molar-refractivity contribution in [2.75, 3.05) is 23.7 Å². The molecule has 3 N–H and O–H groups in total. The summed E-state index contributed by atoms with van der Waals surface area (Å²) in [6, 6.07) is 8.46. The Morgan fingerprint density at radius 2 is 1.98 bits per heavy atom. The van der Waals surface area contributed by atoms with Crippen LogP contribution < -0.4 is 15.2 Å². The molecule has 1 aromatic carbocycles. The molecule has 0 aliphatic carbocycles. The van der Waals surface area contributed by atoms with Gasteiger partial charge in [-0.25, -0.2) is 23.9 Å². The number of nitrogens with two attached hydrogens (primary N) is 1. The van der Waals surface area contributed by atoms with E-state index in [0.717, 1.165) is 49.2 Å². The lowest BCUT2D eigenvalue weighted by atomic mass is 9.89. The molecule has 0 saturated carbocycles. The highest BCUT2D eigenvalue weighted by Gasteiger charge is 2.30. The topological polar surface area (TPSA) is 126 Å². The second kappa shape index (κ2) is 10.8. The van der Waals surface area contributed by atoms with Crippen LogP contribution in [0.3, 0.4) is 0 Å². The lowest BCUT2D eigenvalue weighted by Crippen LogP contribution is -2.41. The third kappa shape index (κ3) is 5.20. The van der Waals surface area contributed by atoms with E-state index in [1.165, 1.54) is 10.5 Å². The number of aromatic nitrogens is 5. The zero-order chi connectivity index (χ0) is 28.6. The maximum absolute atomic E-state index is 12.5. The molecular weight excluding hydrogens is 508 g/mol. The molecule has 1 aliphatic heterocycles. The zero-order valence-electron chi connectivity index (χ0n) is 24.0. The van der Waals surface area contributed by atoms with Gasteiger partial charge in [0, 0.05) is 19.3 Å². The first-order chi connectivity index (χ1) is 19.1. The van der Waals surface area contributed by atoms with Gasteiger partial charge in [0.15, 0.2) is 28.3 Å². The van der Waals surface area contributed by atoms with E-state index in [1.807, 2.05) is 31.7 Å². The van der Waals surface area contributed by atoms with Gasteiger partial charge in [-0.15, -0.1) is 0 Å². The van der Waals surface area contributed by atoms with Gasteiger partial charge in [-0.2, -0.15) is 0 Å². The monoisotopic (exact) mass is 547 g/mol. The smallest absolute Gasteiger partial charge is 0.410 e. The van der Waals surface area contributed by atoms with Crippen LogP contribution in [0.15, 0.2) is 30.5 Å². The first-order valence-corrected chi connectivity index (χ1v) is 14.0. The van der Waals surface area contributed by atoms with Crippen molar-refractivity contribution >= 4 is 46.3 Å². The number of imidazole rings is 1. The molecule has 0 bridgehead atoms. The van der Waals surface area contributed by atoms with Crippen molar-refractivity contribution in [3.8, 4) is 0 Å². The Morgan fingerprint density at radius 1 is 1.23 bits per heavy atom. The van der Waals surface area contributed by atoms with Crippen molar-refractivity contribution in [3.05, 3.63) is 41.9 Å². The summed E-state index contributed by atoms with van der Waals surface area (Å²) in [5, 5.41) is 0. The van der Waals surface area contributed by atoms with E-state index in [1.54, 1.807) is 6.20 Å². The van der Waals surface area contributed by atoms with Crippen LogP contribution in [0.5, 0.6) is 0 Å². The third-order valence-corrected chi connectivity index (χ3v) is 7.56. The minimum absolute atomic E-state index is 0.198. The lowest BCUT2D eigenvalue weighted by Gasteiger charge is -2.33. The van der Waals surface area contributed by atoms with Crippen molar-refractivity contribution in [1.29, 1.82) is 0 Å². The van der Waals surface area contributed by atoms with E-state index in [4.69, 9.17) is 10.5 Å². The van der Waals surface area contributed by atoms with Crippen LogP contribution in [0.1, 0.15) is 64.8 Å². The molecule has 0 unspecified atom stereocenters. The van der Waals surface area contributed by atoms with Gasteiger partial charge in [0.2, 0.25) is 6.41 Å². The zero-order valence-corrected chi connectivity index (χ0v) is 24.0. The number of benzene rings is 1. The van der Waals surface area contributed by atoms with Gasteiger partial charge in [0.25, 0.3) is 5.82 Å². The second-order valence-electron chi connectivity index (χ2n) is 11.3. The fourth-order valence-electron chi connectivity index (χ4n) is 5.66. The molecule has 3 aromatic heterocycles. The number of hydrogen-bond acceptors (Lipinski definition) is 6. The molecule has 4 heterocycles. The number of ether oxygens (including phenoxy) is 1. The number of fused-ring (bicyclic) bond motifs is 2. The fraction of sp³-hybridized carbons (Fsp3) is 0.483. The number of amides is 2. The number of nitrogens with one attached hydrogen (secondary N) is 1. The molecule has 5 rings (SSSR count). The Hall–Kier alpha value is -4.15. The maximum atomic E-state index is 12.5. The Bertz CT molecular complexity index is 1540. The number of H-pyrrole nitrogens is 1. The molecule has 1 saturated heterocycles. The number of nitrogen functional groups attached to an aromatic ring is 1. The summed E-state index contributed by atoms with van der Waals surface area (Å²) in [6.45, 7) is 13.0. The number of aryl methyl sites for hydroxylation is 2. The summed E-state index contributed by atoms with van der Waals surface area (Å²) < 4.78 is 10.1. The second-order valence-corrected chi connectivity index (χ2v) is 11.3. The van der Waals surface area contributed by atoms with E-state index in [0.29, 0.717) is 42.5 Å². The van der Waals surface area contributed by atoms with E-state index >= 15 is 0 Å².